The van der Waals surface area contributed by atoms with Gasteiger partial charge in [-0.25, -0.2) is 0 Å². The van der Waals surface area contributed by atoms with Crippen molar-refractivity contribution in [1.82, 2.24) is 0 Å². The fourth-order valence-corrected chi connectivity index (χ4v) is 4.63. The summed E-state index contributed by atoms with van der Waals surface area (Å²) in [4.78, 5) is 49.9. The van der Waals surface area contributed by atoms with E-state index in [0.717, 1.165) is 49.7 Å². The van der Waals surface area contributed by atoms with Gasteiger partial charge in [0, 0.05) is 12.8 Å². The Labute approximate surface area is 240 Å². The lowest BCUT2D eigenvalue weighted by Crippen LogP contribution is -2.16. The van der Waals surface area contributed by atoms with Crippen molar-refractivity contribution in [2.75, 3.05) is 10.6 Å². The second-order valence-corrected chi connectivity index (χ2v) is 10.6. The van der Waals surface area contributed by atoms with Crippen LogP contribution in [0.1, 0.15) is 117 Å². The fourth-order valence-electron chi connectivity index (χ4n) is 4.63. The van der Waals surface area contributed by atoms with E-state index in [9.17, 15) is 19.2 Å². The van der Waals surface area contributed by atoms with Crippen LogP contribution in [0.3, 0.4) is 0 Å². The molecule has 0 heterocycles. The number of amides is 2. The molecule has 0 aliphatic heterocycles. The molecule has 0 bridgehead atoms. The van der Waals surface area contributed by atoms with Crippen molar-refractivity contribution < 1.29 is 9.59 Å². The van der Waals surface area contributed by atoms with Gasteiger partial charge in [-0.2, -0.15) is 0 Å². The number of carbonyl (C=O) groups excluding carboxylic acids is 2. The molecule has 0 aromatic heterocycles. The number of anilines is 2. The van der Waals surface area contributed by atoms with E-state index in [1.807, 2.05) is 0 Å². The molecule has 0 saturated carbocycles. The lowest BCUT2D eigenvalue weighted by molar-refractivity contribution is -0.117. The molecule has 0 fully saturated rings. The largest absolute Gasteiger partial charge is 0.323 e. The maximum absolute atomic E-state index is 12.6. The average Bonchev–Trinajstić information content (AvgIpc) is 3.23. The second kappa shape index (κ2) is 19.7. The lowest BCUT2D eigenvalue weighted by Gasteiger charge is -2.03. The number of hydrogen-bond donors (Lipinski definition) is 2. The number of carbonyl (C=O) groups is 2. The minimum Gasteiger partial charge on any atom is -0.323 e. The number of hydrogen-bond acceptors (Lipinski definition) is 4. The summed E-state index contributed by atoms with van der Waals surface area (Å²) in [6, 6.07) is 12.9. The molecule has 2 aromatic rings. The summed E-state index contributed by atoms with van der Waals surface area (Å²) < 4.78 is 0. The van der Waals surface area contributed by atoms with Gasteiger partial charge in [0.15, 0.2) is 0 Å². The normalized spacial score (nSPS) is 10.8. The van der Waals surface area contributed by atoms with Crippen molar-refractivity contribution in [1.29, 1.82) is 0 Å². The number of rotatable bonds is 19. The Morgan fingerprint density at radius 3 is 1.18 bits per heavy atom. The molecule has 2 aromatic carbocycles. The Balaban J connectivity index is 1.93. The van der Waals surface area contributed by atoms with Crippen molar-refractivity contribution in [3.05, 3.63) is 69.0 Å². The van der Waals surface area contributed by atoms with Crippen LogP contribution in [-0.4, -0.2) is 11.8 Å². The zero-order chi connectivity index (χ0) is 29.0. The summed E-state index contributed by atoms with van der Waals surface area (Å²) in [5, 5.41) is 5.50. The first kappa shape index (κ1) is 32.9. The monoisotopic (exact) mass is 548 g/mol. The van der Waals surface area contributed by atoms with E-state index in [1.165, 1.54) is 63.5 Å². The van der Waals surface area contributed by atoms with Gasteiger partial charge in [0.05, 0.1) is 11.4 Å². The number of nitrogens with one attached hydrogen (secondary N) is 2. The van der Waals surface area contributed by atoms with Gasteiger partial charge >= 0.3 is 0 Å². The Morgan fingerprint density at radius 1 is 0.475 bits per heavy atom. The molecule has 0 unspecified atom stereocenters. The van der Waals surface area contributed by atoms with Gasteiger partial charge in [-0.15, -0.1) is 0 Å². The van der Waals surface area contributed by atoms with Crippen molar-refractivity contribution in [2.24, 2.45) is 0 Å². The highest BCUT2D eigenvalue weighted by Gasteiger charge is 2.08. The van der Waals surface area contributed by atoms with Crippen LogP contribution < -0.4 is 21.5 Å². The summed E-state index contributed by atoms with van der Waals surface area (Å²) in [6.07, 6.45) is 16.6. The molecule has 0 aliphatic rings. The van der Waals surface area contributed by atoms with Gasteiger partial charge in [-0.3, -0.25) is 19.2 Å². The molecule has 40 heavy (non-hydrogen) atoms. The minimum atomic E-state index is -0.276. The Morgan fingerprint density at radius 2 is 0.800 bits per heavy atom. The van der Waals surface area contributed by atoms with Crippen LogP contribution in [0.15, 0.2) is 58.1 Å². The van der Waals surface area contributed by atoms with Crippen LogP contribution in [0.2, 0.25) is 0 Å². The van der Waals surface area contributed by atoms with Gasteiger partial charge in [0.25, 0.3) is 0 Å². The smallest absolute Gasteiger partial charge is 0.224 e. The maximum Gasteiger partial charge on any atom is 0.224 e. The standard InChI is InChI=1S/C34H48N2O4/c1-3-5-7-9-11-13-15-17-33(39)35-29-23-19-27(21-25-31(29)37)28-20-24-30(32(38)26-22-28)36-34(40)18-16-14-12-10-8-6-4-2/h19-26H,3-18H2,1-2H3,(H,35,37,39)(H,36,38,40). The lowest BCUT2D eigenvalue weighted by atomic mass is 10.1. The first-order chi connectivity index (χ1) is 19.4. The summed E-state index contributed by atoms with van der Waals surface area (Å²) in [6.45, 7) is 4.39. The fraction of sp³-hybridized carbons (Fsp3) is 0.529. The van der Waals surface area contributed by atoms with Crippen LogP contribution in [-0.2, 0) is 9.59 Å². The van der Waals surface area contributed by atoms with Gasteiger partial charge in [0.1, 0.15) is 0 Å². The van der Waals surface area contributed by atoms with Gasteiger partial charge in [-0.1, -0.05) is 115 Å². The molecule has 6 heteroatoms. The van der Waals surface area contributed by atoms with Gasteiger partial charge in [0.2, 0.25) is 22.7 Å². The minimum absolute atomic E-state index is 0.155. The van der Waals surface area contributed by atoms with Crippen LogP contribution in [0, 0.1) is 0 Å². The third-order valence-electron chi connectivity index (χ3n) is 7.11. The van der Waals surface area contributed by atoms with Crippen LogP contribution in [0.4, 0.5) is 11.4 Å². The molecule has 6 nitrogen and oxygen atoms in total. The van der Waals surface area contributed by atoms with Crippen molar-refractivity contribution in [3.63, 3.8) is 0 Å². The highest BCUT2D eigenvalue weighted by atomic mass is 16.2. The van der Waals surface area contributed by atoms with E-state index in [2.05, 4.69) is 24.5 Å². The molecule has 2 N–H and O–H groups in total. The van der Waals surface area contributed by atoms with E-state index in [-0.39, 0.29) is 34.0 Å². The van der Waals surface area contributed by atoms with E-state index >= 15 is 0 Å². The third kappa shape index (κ3) is 13.2. The molecular weight excluding hydrogens is 500 g/mol. The molecule has 0 aliphatic carbocycles. The number of unbranched alkanes of at least 4 members (excludes halogenated alkanes) is 12. The van der Waals surface area contributed by atoms with E-state index in [1.54, 1.807) is 36.4 Å². The summed E-state index contributed by atoms with van der Waals surface area (Å²) in [5.74, 6) is -0.310. The van der Waals surface area contributed by atoms with E-state index in [0.29, 0.717) is 12.8 Å². The molecule has 0 saturated heterocycles. The quantitative estimate of drug-likeness (QED) is 0.173. The molecule has 2 rings (SSSR count). The summed E-state index contributed by atoms with van der Waals surface area (Å²) in [7, 11) is 0. The zero-order valence-electron chi connectivity index (χ0n) is 24.6. The van der Waals surface area contributed by atoms with Gasteiger partial charge < -0.3 is 10.6 Å². The maximum atomic E-state index is 12.6. The van der Waals surface area contributed by atoms with Gasteiger partial charge in [-0.05, 0) is 48.2 Å². The highest BCUT2D eigenvalue weighted by molar-refractivity contribution is 5.91. The van der Waals surface area contributed by atoms with E-state index < -0.39 is 0 Å². The first-order valence-electron chi connectivity index (χ1n) is 15.3. The zero-order valence-corrected chi connectivity index (χ0v) is 24.6. The molecule has 218 valence electrons. The summed E-state index contributed by atoms with van der Waals surface area (Å²) >= 11 is 0. The third-order valence-corrected chi connectivity index (χ3v) is 7.11. The van der Waals surface area contributed by atoms with Crippen molar-refractivity contribution in [3.8, 4) is 11.1 Å². The average molecular weight is 549 g/mol. The van der Waals surface area contributed by atoms with Crippen molar-refractivity contribution in [2.45, 2.75) is 117 Å². The van der Waals surface area contributed by atoms with Crippen LogP contribution >= 0.6 is 0 Å². The highest BCUT2D eigenvalue weighted by Crippen LogP contribution is 2.19. The molecule has 0 atom stereocenters. The SMILES string of the molecule is CCCCCCCCCC(=O)Nc1ccc(-c2ccc(NC(=O)CCCCCCCCC)c(=O)cc2)ccc1=O. The Kier molecular flexibility index (Phi) is 16.2. The summed E-state index contributed by atoms with van der Waals surface area (Å²) in [5.41, 5.74) is 1.37. The predicted molar refractivity (Wildman–Crippen MR) is 167 cm³/mol. The Hall–Kier alpha value is -3.28. The van der Waals surface area contributed by atoms with Crippen LogP contribution in [0.5, 0.6) is 0 Å². The molecule has 0 radical (unpaired) electrons. The topological polar surface area (TPSA) is 92.3 Å². The molecule has 0 spiro atoms. The van der Waals surface area contributed by atoms with E-state index in [4.69, 9.17) is 0 Å². The predicted octanol–water partition coefficient (Wildman–Crippen LogP) is 8.23. The van der Waals surface area contributed by atoms with Crippen molar-refractivity contribution >= 4 is 23.2 Å². The molecule has 2 amide bonds. The second-order valence-electron chi connectivity index (χ2n) is 10.6. The van der Waals surface area contributed by atoms with Crippen LogP contribution in [0.25, 0.3) is 11.1 Å². The Bertz CT molecular complexity index is 1090. The molecular formula is C34H48N2O4. The first-order valence-corrected chi connectivity index (χ1v) is 15.3.